The molecule has 0 amide bonds. The summed E-state index contributed by atoms with van der Waals surface area (Å²) in [6.45, 7) is 1.04. The second kappa shape index (κ2) is 1.91. The van der Waals surface area contributed by atoms with Gasteiger partial charge in [-0.25, -0.2) is 5.10 Å². The highest BCUT2D eigenvalue weighted by atomic mass is 16.5. The summed E-state index contributed by atoms with van der Waals surface area (Å²) >= 11 is 0. The lowest BCUT2D eigenvalue weighted by atomic mass is 10.3. The first-order valence-corrected chi connectivity index (χ1v) is 3.01. The maximum atomic E-state index is 10.7. The number of hydrogen-bond donors (Lipinski definition) is 1. The molecule has 0 bridgehead atoms. The summed E-state index contributed by atoms with van der Waals surface area (Å²) in [5, 5.41) is 6.14. The van der Waals surface area contributed by atoms with Gasteiger partial charge in [-0.15, -0.1) is 0 Å². The van der Waals surface area contributed by atoms with E-state index < -0.39 is 0 Å². The molecule has 1 aliphatic heterocycles. The molecule has 0 saturated carbocycles. The van der Waals surface area contributed by atoms with Crippen molar-refractivity contribution >= 4 is 0 Å². The molecule has 1 aliphatic rings. The Kier molecular flexibility index (Phi) is 1.07. The molecule has 1 aromatic rings. The topological polar surface area (TPSA) is 55.0 Å². The molecule has 1 aromatic heterocycles. The number of nitrogens with one attached hydrogen (secondary N) is 1. The molecular weight excluding hydrogens is 132 g/mol. The standard InChI is InChI=1S/C6H6N2O2/c9-6-1-4-2-10-3-5(4)7-8-6/h1H,2-3H2,(H,8,9). The average molecular weight is 138 g/mol. The van der Waals surface area contributed by atoms with Crippen molar-refractivity contribution in [2.45, 2.75) is 13.2 Å². The van der Waals surface area contributed by atoms with Gasteiger partial charge in [0.15, 0.2) is 0 Å². The summed E-state index contributed by atoms with van der Waals surface area (Å²) < 4.78 is 5.05. The number of aromatic nitrogens is 2. The Morgan fingerprint density at radius 2 is 2.50 bits per heavy atom. The maximum Gasteiger partial charge on any atom is 0.264 e. The first-order valence-electron chi connectivity index (χ1n) is 3.01. The van der Waals surface area contributed by atoms with Crippen LogP contribution in [0.25, 0.3) is 0 Å². The van der Waals surface area contributed by atoms with Crippen molar-refractivity contribution in [3.05, 3.63) is 27.7 Å². The first-order chi connectivity index (χ1) is 4.86. The van der Waals surface area contributed by atoms with E-state index in [1.807, 2.05) is 0 Å². The second-order valence-corrected chi connectivity index (χ2v) is 2.20. The Bertz CT molecular complexity index is 305. The van der Waals surface area contributed by atoms with Crippen LogP contribution in [0.4, 0.5) is 0 Å². The Morgan fingerprint density at radius 1 is 1.60 bits per heavy atom. The first kappa shape index (κ1) is 5.61. The van der Waals surface area contributed by atoms with Crippen LogP contribution in [0.3, 0.4) is 0 Å². The van der Waals surface area contributed by atoms with Crippen LogP contribution in [0.2, 0.25) is 0 Å². The molecule has 0 aliphatic carbocycles. The lowest BCUT2D eigenvalue weighted by Crippen LogP contribution is -2.08. The van der Waals surface area contributed by atoms with Gasteiger partial charge >= 0.3 is 0 Å². The minimum atomic E-state index is -0.163. The molecule has 2 rings (SSSR count). The van der Waals surface area contributed by atoms with Crippen LogP contribution in [0.15, 0.2) is 10.9 Å². The molecule has 0 unspecified atom stereocenters. The minimum Gasteiger partial charge on any atom is -0.370 e. The van der Waals surface area contributed by atoms with E-state index >= 15 is 0 Å². The predicted molar refractivity (Wildman–Crippen MR) is 33.4 cm³/mol. The molecular formula is C6H6N2O2. The third-order valence-corrected chi connectivity index (χ3v) is 1.47. The zero-order valence-corrected chi connectivity index (χ0v) is 5.26. The van der Waals surface area contributed by atoms with Gasteiger partial charge in [-0.3, -0.25) is 4.79 Å². The number of aromatic amines is 1. The highest BCUT2D eigenvalue weighted by Crippen LogP contribution is 2.12. The zero-order chi connectivity index (χ0) is 6.97. The van der Waals surface area contributed by atoms with Crippen molar-refractivity contribution < 1.29 is 4.74 Å². The molecule has 2 heterocycles. The lowest BCUT2D eigenvalue weighted by molar-refractivity contribution is 0.133. The molecule has 52 valence electrons. The van der Waals surface area contributed by atoms with E-state index in [2.05, 4.69) is 10.2 Å². The molecule has 0 atom stereocenters. The molecule has 4 nitrogen and oxygen atoms in total. The average Bonchev–Trinajstić information content (AvgIpc) is 2.33. The van der Waals surface area contributed by atoms with Gasteiger partial charge in [-0.2, -0.15) is 5.10 Å². The second-order valence-electron chi connectivity index (χ2n) is 2.20. The van der Waals surface area contributed by atoms with Crippen molar-refractivity contribution in [1.29, 1.82) is 0 Å². The molecule has 0 aromatic carbocycles. The number of ether oxygens (including phenoxy) is 1. The SMILES string of the molecule is O=c1cc2c(n[nH]1)COC2. The number of H-pyrrole nitrogens is 1. The molecule has 10 heavy (non-hydrogen) atoms. The number of hydrogen-bond acceptors (Lipinski definition) is 3. The normalized spacial score (nSPS) is 15.2. The monoisotopic (exact) mass is 138 g/mol. The molecule has 0 spiro atoms. The summed E-state index contributed by atoms with van der Waals surface area (Å²) in [5.74, 6) is 0. The van der Waals surface area contributed by atoms with Gasteiger partial charge in [0.25, 0.3) is 5.56 Å². The number of fused-ring (bicyclic) bond motifs is 1. The largest absolute Gasteiger partial charge is 0.370 e. The van der Waals surface area contributed by atoms with E-state index in [4.69, 9.17) is 4.74 Å². The summed E-state index contributed by atoms with van der Waals surface area (Å²) in [7, 11) is 0. The fourth-order valence-electron chi connectivity index (χ4n) is 0.976. The summed E-state index contributed by atoms with van der Waals surface area (Å²) in [5.41, 5.74) is 1.59. The van der Waals surface area contributed by atoms with Crippen LogP contribution >= 0.6 is 0 Å². The van der Waals surface area contributed by atoms with Crippen LogP contribution in [-0.4, -0.2) is 10.2 Å². The Labute approximate surface area is 56.8 Å². The van der Waals surface area contributed by atoms with Crippen molar-refractivity contribution in [2.75, 3.05) is 0 Å². The Hall–Kier alpha value is -1.16. The number of rotatable bonds is 0. The van der Waals surface area contributed by atoms with E-state index in [9.17, 15) is 4.79 Å². The van der Waals surface area contributed by atoms with Gasteiger partial charge in [-0.05, 0) is 0 Å². The Balaban J connectivity index is 2.63. The van der Waals surface area contributed by atoms with Gasteiger partial charge in [0.1, 0.15) is 0 Å². The van der Waals surface area contributed by atoms with Crippen molar-refractivity contribution in [1.82, 2.24) is 10.2 Å². The van der Waals surface area contributed by atoms with Gasteiger partial charge in [-0.1, -0.05) is 0 Å². The van der Waals surface area contributed by atoms with Crippen LogP contribution in [0.1, 0.15) is 11.3 Å². The maximum absolute atomic E-state index is 10.7. The van der Waals surface area contributed by atoms with Crippen LogP contribution in [0, 0.1) is 0 Å². The van der Waals surface area contributed by atoms with Crippen molar-refractivity contribution in [3.63, 3.8) is 0 Å². The summed E-state index contributed by atoms with van der Waals surface area (Å²) in [6, 6.07) is 1.52. The van der Waals surface area contributed by atoms with Crippen molar-refractivity contribution in [2.24, 2.45) is 0 Å². The van der Waals surface area contributed by atoms with Gasteiger partial charge < -0.3 is 4.74 Å². The highest BCUT2D eigenvalue weighted by Gasteiger charge is 2.11. The smallest absolute Gasteiger partial charge is 0.264 e. The summed E-state index contributed by atoms with van der Waals surface area (Å²) in [4.78, 5) is 10.7. The van der Waals surface area contributed by atoms with Crippen molar-refractivity contribution in [3.8, 4) is 0 Å². The van der Waals surface area contributed by atoms with Gasteiger partial charge in [0.2, 0.25) is 0 Å². The van der Waals surface area contributed by atoms with Gasteiger partial charge in [0, 0.05) is 11.6 Å². The Morgan fingerprint density at radius 3 is 3.40 bits per heavy atom. The molecule has 1 N–H and O–H groups in total. The third-order valence-electron chi connectivity index (χ3n) is 1.47. The van der Waals surface area contributed by atoms with Crippen LogP contribution < -0.4 is 5.56 Å². The van der Waals surface area contributed by atoms with E-state index in [1.54, 1.807) is 0 Å². The van der Waals surface area contributed by atoms with Crippen LogP contribution in [-0.2, 0) is 18.0 Å². The number of nitrogens with zero attached hydrogens (tertiary/aromatic N) is 1. The van der Waals surface area contributed by atoms with E-state index in [0.717, 1.165) is 11.3 Å². The lowest BCUT2D eigenvalue weighted by Gasteiger charge is -1.89. The molecule has 0 radical (unpaired) electrons. The predicted octanol–water partition coefficient (Wildman–Crippen LogP) is -0.200. The summed E-state index contributed by atoms with van der Waals surface area (Å²) in [6.07, 6.45) is 0. The fourth-order valence-corrected chi connectivity index (χ4v) is 0.976. The zero-order valence-electron chi connectivity index (χ0n) is 5.26. The van der Waals surface area contributed by atoms with E-state index in [1.165, 1.54) is 6.07 Å². The molecule has 0 saturated heterocycles. The quantitative estimate of drug-likeness (QED) is 0.540. The third kappa shape index (κ3) is 0.733. The van der Waals surface area contributed by atoms with E-state index in [0.29, 0.717) is 13.2 Å². The molecule has 4 heteroatoms. The molecule has 0 fully saturated rings. The fraction of sp³-hybridized carbons (Fsp3) is 0.333. The van der Waals surface area contributed by atoms with Crippen LogP contribution in [0.5, 0.6) is 0 Å². The van der Waals surface area contributed by atoms with Gasteiger partial charge in [0.05, 0.1) is 18.9 Å². The van der Waals surface area contributed by atoms with E-state index in [-0.39, 0.29) is 5.56 Å². The minimum absolute atomic E-state index is 0.163. The highest BCUT2D eigenvalue weighted by molar-refractivity contribution is 5.18.